The molecule has 6 heteroatoms. The second kappa shape index (κ2) is 3.30. The molecule has 1 aliphatic rings. The first-order valence-electron chi connectivity index (χ1n) is 4.52. The molecule has 2 rings (SSSR count). The lowest BCUT2D eigenvalue weighted by Crippen LogP contribution is -2.42. The van der Waals surface area contributed by atoms with E-state index >= 15 is 0 Å². The molecule has 0 saturated heterocycles. The van der Waals surface area contributed by atoms with Crippen LogP contribution in [0.3, 0.4) is 0 Å². The zero-order valence-electron chi connectivity index (χ0n) is 8.11. The first kappa shape index (κ1) is 10.1. The predicted molar refractivity (Wildman–Crippen MR) is 53.9 cm³/mol. The van der Waals surface area contributed by atoms with Gasteiger partial charge >= 0.3 is 5.97 Å². The monoisotopic (exact) mass is 226 g/mol. The molecule has 1 saturated carbocycles. The van der Waals surface area contributed by atoms with Crippen LogP contribution in [-0.2, 0) is 4.79 Å². The number of carboxylic acid groups (broad SMARTS) is 1. The maximum atomic E-state index is 11.6. The Bertz CT molecular complexity index is 423. The van der Waals surface area contributed by atoms with Crippen LogP contribution in [0.5, 0.6) is 0 Å². The van der Waals surface area contributed by atoms with E-state index in [1.807, 2.05) is 0 Å². The average Bonchev–Trinajstić information content (AvgIpc) is 2.82. The summed E-state index contributed by atoms with van der Waals surface area (Å²) < 4.78 is 0. The maximum absolute atomic E-state index is 11.6. The molecule has 0 aromatic carbocycles. The van der Waals surface area contributed by atoms with Crippen molar-refractivity contribution in [2.75, 3.05) is 0 Å². The summed E-state index contributed by atoms with van der Waals surface area (Å²) in [5.74, 6) is -1.31. The fourth-order valence-corrected chi connectivity index (χ4v) is 1.94. The number of aromatic nitrogens is 1. The van der Waals surface area contributed by atoms with E-state index in [2.05, 4.69) is 10.3 Å². The number of thiazole rings is 1. The topological polar surface area (TPSA) is 79.3 Å². The van der Waals surface area contributed by atoms with Gasteiger partial charge in [0.05, 0.1) is 11.2 Å². The van der Waals surface area contributed by atoms with E-state index in [1.54, 1.807) is 6.92 Å². The van der Waals surface area contributed by atoms with Gasteiger partial charge in [-0.2, -0.15) is 0 Å². The molecule has 5 nitrogen and oxygen atoms in total. The second-order valence-corrected chi connectivity index (χ2v) is 4.82. The van der Waals surface area contributed by atoms with Gasteiger partial charge in [-0.1, -0.05) is 0 Å². The van der Waals surface area contributed by atoms with E-state index < -0.39 is 11.5 Å². The van der Waals surface area contributed by atoms with E-state index in [-0.39, 0.29) is 5.91 Å². The maximum Gasteiger partial charge on any atom is 0.329 e. The van der Waals surface area contributed by atoms with Crippen molar-refractivity contribution in [3.8, 4) is 0 Å². The van der Waals surface area contributed by atoms with Crippen LogP contribution in [0, 0.1) is 6.92 Å². The standard InChI is InChI=1S/C9H10N2O3S/c1-5-10-4-6(15-5)7(12)11-9(2-3-9)8(13)14/h4H,2-3H2,1H3,(H,11,12)(H,13,14). The Morgan fingerprint density at radius 2 is 2.27 bits per heavy atom. The van der Waals surface area contributed by atoms with Crippen LogP contribution in [0.2, 0.25) is 0 Å². The highest BCUT2D eigenvalue weighted by Crippen LogP contribution is 2.35. The number of carbonyl (C=O) groups excluding carboxylic acids is 1. The largest absolute Gasteiger partial charge is 0.480 e. The number of carbonyl (C=O) groups is 2. The third-order valence-electron chi connectivity index (χ3n) is 2.36. The molecule has 1 amide bonds. The summed E-state index contributed by atoms with van der Waals surface area (Å²) in [5.41, 5.74) is -1.02. The predicted octanol–water partition coefficient (Wildman–Crippen LogP) is 0.799. The van der Waals surface area contributed by atoms with Crippen molar-refractivity contribution in [2.24, 2.45) is 0 Å². The van der Waals surface area contributed by atoms with Gasteiger partial charge in [-0.15, -0.1) is 11.3 Å². The van der Waals surface area contributed by atoms with Gasteiger partial charge in [0.2, 0.25) is 0 Å². The number of carboxylic acids is 1. The Morgan fingerprint density at radius 1 is 1.60 bits per heavy atom. The molecule has 1 aliphatic carbocycles. The SMILES string of the molecule is Cc1ncc(C(=O)NC2(C(=O)O)CC2)s1. The number of hydrogen-bond donors (Lipinski definition) is 2. The highest BCUT2D eigenvalue weighted by Gasteiger charge is 2.51. The Hall–Kier alpha value is -1.43. The molecule has 1 heterocycles. The van der Waals surface area contributed by atoms with Gasteiger partial charge in [0.15, 0.2) is 0 Å². The van der Waals surface area contributed by atoms with Crippen LogP contribution < -0.4 is 5.32 Å². The molecule has 1 aromatic rings. The number of aryl methyl sites for hydroxylation is 1. The summed E-state index contributed by atoms with van der Waals surface area (Å²) in [4.78, 5) is 26.8. The van der Waals surface area contributed by atoms with Crippen LogP contribution in [0.1, 0.15) is 27.5 Å². The lowest BCUT2D eigenvalue weighted by Gasteiger charge is -2.10. The second-order valence-electron chi connectivity index (χ2n) is 3.58. The zero-order valence-corrected chi connectivity index (χ0v) is 8.93. The lowest BCUT2D eigenvalue weighted by molar-refractivity contribution is -0.140. The molecule has 0 aliphatic heterocycles. The summed E-state index contributed by atoms with van der Waals surface area (Å²) >= 11 is 1.26. The highest BCUT2D eigenvalue weighted by molar-refractivity contribution is 7.13. The minimum Gasteiger partial charge on any atom is -0.480 e. The number of nitrogens with zero attached hydrogens (tertiary/aromatic N) is 1. The van der Waals surface area contributed by atoms with Gasteiger partial charge in [0.25, 0.3) is 5.91 Å². The van der Waals surface area contributed by atoms with Crippen LogP contribution in [0.25, 0.3) is 0 Å². The molecule has 0 spiro atoms. The third kappa shape index (κ3) is 1.85. The Morgan fingerprint density at radius 3 is 2.67 bits per heavy atom. The lowest BCUT2D eigenvalue weighted by atomic mass is 10.2. The average molecular weight is 226 g/mol. The van der Waals surface area contributed by atoms with Gasteiger partial charge in [0.1, 0.15) is 10.4 Å². The highest BCUT2D eigenvalue weighted by atomic mass is 32.1. The minimum atomic E-state index is -1.02. The molecule has 2 N–H and O–H groups in total. The smallest absolute Gasteiger partial charge is 0.329 e. The number of hydrogen-bond acceptors (Lipinski definition) is 4. The van der Waals surface area contributed by atoms with Gasteiger partial charge in [0, 0.05) is 0 Å². The van der Waals surface area contributed by atoms with E-state index in [4.69, 9.17) is 5.11 Å². The van der Waals surface area contributed by atoms with Gasteiger partial charge in [-0.25, -0.2) is 9.78 Å². The van der Waals surface area contributed by atoms with Gasteiger partial charge in [-0.05, 0) is 19.8 Å². The van der Waals surface area contributed by atoms with E-state index in [0.717, 1.165) is 5.01 Å². The molecule has 0 bridgehead atoms. The van der Waals surface area contributed by atoms with Crippen molar-refractivity contribution >= 4 is 23.2 Å². The van der Waals surface area contributed by atoms with Crippen LogP contribution in [0.15, 0.2) is 6.20 Å². The van der Waals surface area contributed by atoms with Gasteiger partial charge in [-0.3, -0.25) is 4.79 Å². The van der Waals surface area contributed by atoms with Crippen molar-refractivity contribution in [2.45, 2.75) is 25.3 Å². The van der Waals surface area contributed by atoms with Crippen molar-refractivity contribution in [1.82, 2.24) is 10.3 Å². The molecule has 15 heavy (non-hydrogen) atoms. The Kier molecular flexibility index (Phi) is 2.22. The molecule has 0 radical (unpaired) electrons. The van der Waals surface area contributed by atoms with Gasteiger partial charge < -0.3 is 10.4 Å². The molecule has 1 fully saturated rings. The van der Waals surface area contributed by atoms with E-state index in [9.17, 15) is 9.59 Å². The summed E-state index contributed by atoms with van der Waals surface area (Å²) in [6.07, 6.45) is 2.48. The number of aliphatic carboxylic acids is 1. The van der Waals surface area contributed by atoms with Crippen LogP contribution in [-0.4, -0.2) is 27.5 Å². The van der Waals surface area contributed by atoms with E-state index in [0.29, 0.717) is 17.7 Å². The molecule has 80 valence electrons. The Balaban J connectivity index is 2.08. The van der Waals surface area contributed by atoms with Crippen molar-refractivity contribution in [1.29, 1.82) is 0 Å². The summed E-state index contributed by atoms with van der Waals surface area (Å²) in [6.45, 7) is 1.80. The van der Waals surface area contributed by atoms with Crippen molar-refractivity contribution < 1.29 is 14.7 Å². The first-order chi connectivity index (χ1) is 7.03. The number of amides is 1. The fourth-order valence-electron chi connectivity index (χ4n) is 1.26. The molecule has 1 aromatic heterocycles. The molecule has 0 atom stereocenters. The Labute approximate surface area is 90.1 Å². The summed E-state index contributed by atoms with van der Waals surface area (Å²) in [6, 6.07) is 0. The minimum absolute atomic E-state index is 0.347. The summed E-state index contributed by atoms with van der Waals surface area (Å²) in [7, 11) is 0. The molecular formula is C9H10N2O3S. The van der Waals surface area contributed by atoms with E-state index in [1.165, 1.54) is 17.5 Å². The van der Waals surface area contributed by atoms with Crippen molar-refractivity contribution in [3.63, 3.8) is 0 Å². The fraction of sp³-hybridized carbons (Fsp3) is 0.444. The molecule has 0 unspecified atom stereocenters. The summed E-state index contributed by atoms with van der Waals surface area (Å²) in [5, 5.41) is 12.2. The zero-order chi connectivity index (χ0) is 11.1. The first-order valence-corrected chi connectivity index (χ1v) is 5.33. The number of nitrogens with one attached hydrogen (secondary N) is 1. The third-order valence-corrected chi connectivity index (χ3v) is 3.27. The van der Waals surface area contributed by atoms with Crippen LogP contribution in [0.4, 0.5) is 0 Å². The molecular weight excluding hydrogens is 216 g/mol. The quantitative estimate of drug-likeness (QED) is 0.799. The number of rotatable bonds is 3. The van der Waals surface area contributed by atoms with Crippen molar-refractivity contribution in [3.05, 3.63) is 16.1 Å². The normalized spacial score (nSPS) is 17.1. The van der Waals surface area contributed by atoms with Crippen LogP contribution >= 0.6 is 11.3 Å².